The largest absolute Gasteiger partial charge is 0.455 e. The Kier molecular flexibility index (Phi) is 1.18. The van der Waals surface area contributed by atoms with E-state index in [0.29, 0.717) is 16.4 Å². The number of benzene rings is 3. The van der Waals surface area contributed by atoms with Crippen LogP contribution in [-0.2, 0) is 0 Å². The maximum absolute atomic E-state index is 8.30. The summed E-state index contributed by atoms with van der Waals surface area (Å²) >= 11 is 3.35. The van der Waals surface area contributed by atoms with E-state index in [9.17, 15) is 0 Å². The van der Waals surface area contributed by atoms with Crippen LogP contribution in [0.25, 0.3) is 32.7 Å². The van der Waals surface area contributed by atoms with Crippen LogP contribution < -0.4 is 0 Å². The molecule has 0 atom stereocenters. The molecule has 0 saturated carbocycles. The van der Waals surface area contributed by atoms with Gasteiger partial charge in [-0.3, -0.25) is 0 Å². The molecule has 0 spiro atoms. The van der Waals surface area contributed by atoms with Gasteiger partial charge in [-0.1, -0.05) is 46.1 Å². The second-order valence-electron chi connectivity index (χ2n) is 3.95. The fourth-order valence-corrected chi connectivity index (χ4v) is 2.41. The zero-order chi connectivity index (χ0) is 17.3. The monoisotopic (exact) mass is 302 g/mol. The maximum Gasteiger partial charge on any atom is 0.143 e. The fraction of sp³-hybridized carbons (Fsp3) is 0. The standard InChI is InChI=1S/C16H9BrO/c17-11-6-8-13-14-7-5-10-3-1-2-4-12(10)16(14)18-15(13)9-11/h1-9H/i1D,2D,3D,4D,5D,7D. The minimum absolute atomic E-state index is 0.0108. The highest BCUT2D eigenvalue weighted by Gasteiger charge is 2.09. The van der Waals surface area contributed by atoms with Gasteiger partial charge < -0.3 is 4.42 Å². The highest BCUT2D eigenvalue weighted by molar-refractivity contribution is 9.10. The van der Waals surface area contributed by atoms with Gasteiger partial charge in [-0.15, -0.1) is 0 Å². The molecule has 1 heterocycles. The van der Waals surface area contributed by atoms with Gasteiger partial charge in [0.25, 0.3) is 0 Å². The zero-order valence-corrected chi connectivity index (χ0v) is 10.6. The summed E-state index contributed by atoms with van der Waals surface area (Å²) < 4.78 is 55.1. The SMILES string of the molecule is [2H]c1c([2H])c([2H])c2c(c1[2H])c([2H])c([2H])c1c3ccc(Br)cc3oc21. The summed E-state index contributed by atoms with van der Waals surface area (Å²) in [4.78, 5) is 0. The number of halogens is 1. The van der Waals surface area contributed by atoms with E-state index in [-0.39, 0.29) is 46.6 Å². The van der Waals surface area contributed by atoms with Crippen LogP contribution in [0.1, 0.15) is 8.22 Å². The van der Waals surface area contributed by atoms with Crippen LogP contribution in [0.3, 0.4) is 0 Å². The summed E-state index contributed by atoms with van der Waals surface area (Å²) in [6.07, 6.45) is 0. The second kappa shape index (κ2) is 3.59. The average molecular weight is 303 g/mol. The third kappa shape index (κ3) is 1.33. The van der Waals surface area contributed by atoms with E-state index in [2.05, 4.69) is 15.9 Å². The molecule has 0 radical (unpaired) electrons. The maximum atomic E-state index is 8.30. The molecule has 0 N–H and O–H groups in total. The minimum atomic E-state index is -0.418. The molecule has 0 aliphatic carbocycles. The number of fused-ring (bicyclic) bond motifs is 5. The van der Waals surface area contributed by atoms with E-state index < -0.39 is 6.04 Å². The van der Waals surface area contributed by atoms with E-state index in [1.165, 1.54) is 0 Å². The Hall–Kier alpha value is -1.80. The van der Waals surface area contributed by atoms with Crippen molar-refractivity contribution in [1.82, 2.24) is 0 Å². The van der Waals surface area contributed by atoms with Gasteiger partial charge >= 0.3 is 0 Å². The summed E-state index contributed by atoms with van der Waals surface area (Å²) in [5.41, 5.74) is 0.707. The van der Waals surface area contributed by atoms with Crippen LogP contribution in [0.2, 0.25) is 0 Å². The van der Waals surface area contributed by atoms with Gasteiger partial charge in [0.2, 0.25) is 0 Å². The van der Waals surface area contributed by atoms with Crippen molar-refractivity contribution in [3.8, 4) is 0 Å². The van der Waals surface area contributed by atoms with Crippen LogP contribution >= 0.6 is 15.9 Å². The third-order valence-electron chi connectivity index (χ3n) is 2.88. The van der Waals surface area contributed by atoms with Crippen molar-refractivity contribution < 1.29 is 12.6 Å². The fourth-order valence-electron chi connectivity index (χ4n) is 2.07. The lowest BCUT2D eigenvalue weighted by atomic mass is 10.1. The lowest BCUT2D eigenvalue weighted by Gasteiger charge is -1.97. The van der Waals surface area contributed by atoms with E-state index in [1.54, 1.807) is 18.2 Å². The molecule has 2 heteroatoms. The van der Waals surface area contributed by atoms with Crippen LogP contribution in [0.4, 0.5) is 0 Å². The Labute approximate surface area is 121 Å². The van der Waals surface area contributed by atoms with E-state index >= 15 is 0 Å². The van der Waals surface area contributed by atoms with Crippen LogP contribution in [0.15, 0.2) is 63.3 Å². The Morgan fingerprint density at radius 3 is 2.78 bits per heavy atom. The van der Waals surface area contributed by atoms with Crippen molar-refractivity contribution in [3.05, 3.63) is 58.9 Å². The predicted octanol–water partition coefficient (Wildman–Crippen LogP) is 5.50. The minimum Gasteiger partial charge on any atom is -0.455 e. The molecule has 0 fully saturated rings. The number of hydrogen-bond acceptors (Lipinski definition) is 1. The molecule has 1 aromatic heterocycles. The molecule has 18 heavy (non-hydrogen) atoms. The quantitative estimate of drug-likeness (QED) is 0.418. The first-order chi connectivity index (χ1) is 11.3. The molecule has 3 aromatic carbocycles. The zero-order valence-electron chi connectivity index (χ0n) is 15.0. The molecule has 0 aliphatic heterocycles. The molecular formula is C16H9BrO. The Bertz CT molecular complexity index is 1180. The van der Waals surface area contributed by atoms with Gasteiger partial charge in [-0.05, 0) is 29.6 Å². The van der Waals surface area contributed by atoms with Crippen LogP contribution in [-0.4, -0.2) is 0 Å². The molecule has 4 aromatic rings. The van der Waals surface area contributed by atoms with Gasteiger partial charge in [0.05, 0.1) is 8.22 Å². The Morgan fingerprint density at radius 1 is 0.944 bits per heavy atom. The van der Waals surface area contributed by atoms with E-state index in [4.69, 9.17) is 12.6 Å². The topological polar surface area (TPSA) is 13.1 Å². The van der Waals surface area contributed by atoms with Gasteiger partial charge in [0.1, 0.15) is 11.2 Å². The number of rotatable bonds is 0. The third-order valence-corrected chi connectivity index (χ3v) is 3.37. The first-order valence-corrected chi connectivity index (χ1v) is 6.13. The first-order valence-electron chi connectivity index (χ1n) is 8.34. The molecule has 0 amide bonds. The molecule has 4 rings (SSSR count). The second-order valence-corrected chi connectivity index (χ2v) is 4.86. The van der Waals surface area contributed by atoms with Crippen LogP contribution in [0, 0.1) is 0 Å². The molecule has 86 valence electrons. The Balaban J connectivity index is 2.41. The summed E-state index contributed by atoms with van der Waals surface area (Å²) in [7, 11) is 0. The lowest BCUT2D eigenvalue weighted by molar-refractivity contribution is 0.672. The van der Waals surface area contributed by atoms with Crippen molar-refractivity contribution >= 4 is 48.6 Å². The smallest absolute Gasteiger partial charge is 0.143 e. The summed E-state index contributed by atoms with van der Waals surface area (Å²) in [6.45, 7) is 0. The first kappa shape index (κ1) is 5.89. The Morgan fingerprint density at radius 2 is 1.83 bits per heavy atom. The molecule has 0 aliphatic rings. The van der Waals surface area contributed by atoms with Gasteiger partial charge in [-0.25, -0.2) is 0 Å². The van der Waals surface area contributed by atoms with E-state index in [1.807, 2.05) is 0 Å². The molecule has 1 nitrogen and oxygen atoms in total. The molecule has 0 saturated heterocycles. The summed E-state index contributed by atoms with van der Waals surface area (Å²) in [5, 5.41) is 1.18. The highest BCUT2D eigenvalue weighted by Crippen LogP contribution is 2.34. The van der Waals surface area contributed by atoms with Crippen LogP contribution in [0.5, 0.6) is 0 Å². The summed E-state index contributed by atoms with van der Waals surface area (Å²) in [5.74, 6) is 0. The normalized spacial score (nSPS) is 16.3. The van der Waals surface area contributed by atoms with Crippen molar-refractivity contribution in [1.29, 1.82) is 0 Å². The van der Waals surface area contributed by atoms with Crippen molar-refractivity contribution in [3.63, 3.8) is 0 Å². The molecule has 0 unspecified atom stereocenters. The molecule has 0 bridgehead atoms. The number of hydrogen-bond donors (Lipinski definition) is 0. The van der Waals surface area contributed by atoms with Crippen molar-refractivity contribution in [2.75, 3.05) is 0 Å². The number of furan rings is 1. The summed E-state index contributed by atoms with van der Waals surface area (Å²) in [6, 6.07) is 3.57. The predicted molar refractivity (Wildman–Crippen MR) is 78.9 cm³/mol. The highest BCUT2D eigenvalue weighted by atomic mass is 79.9. The van der Waals surface area contributed by atoms with Gasteiger partial charge in [0.15, 0.2) is 0 Å². The lowest BCUT2D eigenvalue weighted by Crippen LogP contribution is -1.72. The molecular weight excluding hydrogens is 288 g/mol. The van der Waals surface area contributed by atoms with Crippen molar-refractivity contribution in [2.45, 2.75) is 0 Å². The van der Waals surface area contributed by atoms with Gasteiger partial charge in [0, 0.05) is 20.6 Å². The average Bonchev–Trinajstić information content (AvgIpc) is 2.92. The van der Waals surface area contributed by atoms with E-state index in [0.717, 1.165) is 4.47 Å². The van der Waals surface area contributed by atoms with Crippen molar-refractivity contribution in [2.24, 2.45) is 0 Å². The van der Waals surface area contributed by atoms with Gasteiger partial charge in [-0.2, -0.15) is 0 Å².